The first-order chi connectivity index (χ1) is 15.9. The van der Waals surface area contributed by atoms with Gasteiger partial charge in [-0.1, -0.05) is 50.1 Å². The normalized spacial score (nSPS) is 10.6. The molecule has 33 heavy (non-hydrogen) atoms. The van der Waals surface area contributed by atoms with E-state index in [1.165, 1.54) is 13.2 Å². The maximum Gasteiger partial charge on any atom is 0.266 e. The number of anilines is 1. The number of ether oxygens (including phenoxy) is 2. The number of rotatable bonds is 7. The molecule has 0 saturated carbocycles. The molecule has 0 radical (unpaired) electrons. The van der Waals surface area contributed by atoms with Crippen LogP contribution in [-0.4, -0.2) is 13.0 Å². The van der Waals surface area contributed by atoms with Crippen molar-refractivity contribution in [3.8, 4) is 23.6 Å². The highest BCUT2D eigenvalue weighted by Crippen LogP contribution is 2.35. The lowest BCUT2D eigenvalue weighted by Crippen LogP contribution is -2.13. The number of amides is 1. The van der Waals surface area contributed by atoms with Crippen LogP contribution in [0.2, 0.25) is 0 Å². The molecule has 1 N–H and O–H groups in total. The van der Waals surface area contributed by atoms with Gasteiger partial charge in [0.1, 0.15) is 18.2 Å². The first kappa shape index (κ1) is 24.1. The highest BCUT2D eigenvalue weighted by molar-refractivity contribution is 9.10. The van der Waals surface area contributed by atoms with Crippen LogP contribution in [0.15, 0.2) is 75.2 Å². The number of hydrogen-bond acceptors (Lipinski definition) is 5. The second-order valence-electron chi connectivity index (χ2n) is 6.71. The Morgan fingerprint density at radius 1 is 1.06 bits per heavy atom. The molecule has 0 heterocycles. The van der Waals surface area contributed by atoms with Gasteiger partial charge in [0.15, 0.2) is 11.5 Å². The lowest BCUT2D eigenvalue weighted by molar-refractivity contribution is -0.112. The standard InChI is InChI=1S/C25H17Br2N3O3/c1-32-23-11-18(10-19(14-29)25(31)30-21-8-6-20(26)7-9-21)22(27)12-24(23)33-15-17-5-3-2-4-16(17)13-28/h2-12H,15H2,1H3,(H,30,31)/b19-10-. The molecular weight excluding hydrogens is 550 g/mol. The van der Waals surface area contributed by atoms with E-state index in [9.17, 15) is 15.3 Å². The second-order valence-corrected chi connectivity index (χ2v) is 8.48. The third-order valence-electron chi connectivity index (χ3n) is 4.57. The van der Waals surface area contributed by atoms with Crippen molar-refractivity contribution >= 4 is 49.5 Å². The van der Waals surface area contributed by atoms with E-state index in [1.54, 1.807) is 48.5 Å². The third-order valence-corrected chi connectivity index (χ3v) is 5.79. The average Bonchev–Trinajstić information content (AvgIpc) is 2.83. The van der Waals surface area contributed by atoms with Gasteiger partial charge < -0.3 is 14.8 Å². The van der Waals surface area contributed by atoms with Crippen LogP contribution in [0.4, 0.5) is 5.69 Å². The van der Waals surface area contributed by atoms with Crippen molar-refractivity contribution in [2.75, 3.05) is 12.4 Å². The van der Waals surface area contributed by atoms with Crippen LogP contribution >= 0.6 is 31.9 Å². The van der Waals surface area contributed by atoms with E-state index in [-0.39, 0.29) is 12.2 Å². The molecule has 0 spiro atoms. The molecular formula is C25H17Br2N3O3. The van der Waals surface area contributed by atoms with Crippen molar-refractivity contribution in [3.05, 3.63) is 91.9 Å². The largest absolute Gasteiger partial charge is 0.493 e. The number of carbonyl (C=O) groups is 1. The maximum atomic E-state index is 12.6. The molecule has 0 unspecified atom stereocenters. The number of carbonyl (C=O) groups excluding carboxylic acids is 1. The van der Waals surface area contributed by atoms with E-state index in [0.717, 1.165) is 10.0 Å². The van der Waals surface area contributed by atoms with Crippen LogP contribution in [0.3, 0.4) is 0 Å². The Morgan fingerprint density at radius 3 is 2.45 bits per heavy atom. The van der Waals surface area contributed by atoms with Crippen molar-refractivity contribution in [3.63, 3.8) is 0 Å². The zero-order valence-corrected chi connectivity index (χ0v) is 20.6. The van der Waals surface area contributed by atoms with Crippen molar-refractivity contribution < 1.29 is 14.3 Å². The number of benzene rings is 3. The van der Waals surface area contributed by atoms with Gasteiger partial charge in [0.25, 0.3) is 5.91 Å². The van der Waals surface area contributed by atoms with Crippen LogP contribution in [-0.2, 0) is 11.4 Å². The van der Waals surface area contributed by atoms with Crippen molar-refractivity contribution in [2.45, 2.75) is 6.61 Å². The van der Waals surface area contributed by atoms with E-state index < -0.39 is 5.91 Å². The fourth-order valence-corrected chi connectivity index (χ4v) is 3.58. The minimum Gasteiger partial charge on any atom is -0.493 e. The predicted molar refractivity (Wildman–Crippen MR) is 133 cm³/mol. The molecule has 0 atom stereocenters. The molecule has 3 aromatic carbocycles. The second kappa shape index (κ2) is 11.3. The Kier molecular flexibility index (Phi) is 8.26. The van der Waals surface area contributed by atoms with Crippen molar-refractivity contribution in [1.29, 1.82) is 10.5 Å². The van der Waals surface area contributed by atoms with Gasteiger partial charge in [0, 0.05) is 20.2 Å². The van der Waals surface area contributed by atoms with Crippen molar-refractivity contribution in [2.24, 2.45) is 0 Å². The Hall–Kier alpha value is -3.59. The summed E-state index contributed by atoms with van der Waals surface area (Å²) in [7, 11) is 1.50. The quantitative estimate of drug-likeness (QED) is 0.271. The topological polar surface area (TPSA) is 95.1 Å². The SMILES string of the molecule is COc1cc(/C=C(/C#N)C(=O)Nc2ccc(Br)cc2)c(Br)cc1OCc1ccccc1C#N. The summed E-state index contributed by atoms with van der Waals surface area (Å²) in [5.74, 6) is 0.343. The fourth-order valence-electron chi connectivity index (χ4n) is 2.88. The molecule has 0 aliphatic rings. The lowest BCUT2D eigenvalue weighted by atomic mass is 10.1. The number of nitrogens with one attached hydrogen (secondary N) is 1. The van der Waals surface area contributed by atoms with E-state index in [4.69, 9.17) is 9.47 Å². The van der Waals surface area contributed by atoms with Gasteiger partial charge in [-0.3, -0.25) is 4.79 Å². The number of nitriles is 2. The first-order valence-electron chi connectivity index (χ1n) is 9.62. The smallest absolute Gasteiger partial charge is 0.266 e. The molecule has 3 rings (SSSR count). The van der Waals surface area contributed by atoms with Crippen LogP contribution in [0.5, 0.6) is 11.5 Å². The van der Waals surface area contributed by atoms with Gasteiger partial charge in [-0.05, 0) is 54.1 Å². The molecule has 8 heteroatoms. The number of nitrogens with zero attached hydrogens (tertiary/aromatic N) is 2. The Morgan fingerprint density at radius 2 is 1.79 bits per heavy atom. The summed E-state index contributed by atoms with van der Waals surface area (Å²) < 4.78 is 12.8. The molecule has 164 valence electrons. The predicted octanol–water partition coefficient (Wildman–Crippen LogP) is 6.22. The summed E-state index contributed by atoms with van der Waals surface area (Å²) in [6, 6.07) is 21.7. The molecule has 0 aliphatic heterocycles. The van der Waals surface area contributed by atoms with E-state index in [0.29, 0.717) is 32.8 Å². The van der Waals surface area contributed by atoms with Gasteiger partial charge in [-0.15, -0.1) is 0 Å². The van der Waals surface area contributed by atoms with E-state index in [2.05, 4.69) is 43.2 Å². The van der Waals surface area contributed by atoms with Gasteiger partial charge >= 0.3 is 0 Å². The van der Waals surface area contributed by atoms with Crippen molar-refractivity contribution in [1.82, 2.24) is 0 Å². The summed E-state index contributed by atoms with van der Waals surface area (Å²) in [6.45, 7) is 0.181. The number of hydrogen-bond donors (Lipinski definition) is 1. The summed E-state index contributed by atoms with van der Waals surface area (Å²) >= 11 is 6.81. The van der Waals surface area contributed by atoms with Crippen LogP contribution < -0.4 is 14.8 Å². The van der Waals surface area contributed by atoms with Gasteiger partial charge in [0.2, 0.25) is 0 Å². The minimum atomic E-state index is -0.529. The molecule has 6 nitrogen and oxygen atoms in total. The molecule has 0 aromatic heterocycles. The summed E-state index contributed by atoms with van der Waals surface area (Å²) in [4.78, 5) is 12.6. The summed E-state index contributed by atoms with van der Waals surface area (Å²) in [5, 5.41) is 21.5. The highest BCUT2D eigenvalue weighted by atomic mass is 79.9. The minimum absolute atomic E-state index is 0.0720. The molecule has 0 aliphatic carbocycles. The molecule has 3 aromatic rings. The van der Waals surface area contributed by atoms with Gasteiger partial charge in [-0.2, -0.15) is 10.5 Å². The van der Waals surface area contributed by atoms with Crippen LogP contribution in [0, 0.1) is 22.7 Å². The highest BCUT2D eigenvalue weighted by Gasteiger charge is 2.14. The van der Waals surface area contributed by atoms with Crippen LogP contribution in [0.1, 0.15) is 16.7 Å². The van der Waals surface area contributed by atoms with Crippen LogP contribution in [0.25, 0.3) is 6.08 Å². The fraction of sp³-hybridized carbons (Fsp3) is 0.0800. The Balaban J connectivity index is 1.83. The maximum absolute atomic E-state index is 12.6. The molecule has 1 amide bonds. The Labute approximate surface area is 208 Å². The van der Waals surface area contributed by atoms with E-state index >= 15 is 0 Å². The number of methoxy groups -OCH3 is 1. The molecule has 0 bridgehead atoms. The molecule has 0 fully saturated rings. The first-order valence-corrected chi connectivity index (χ1v) is 11.2. The average molecular weight is 567 g/mol. The Bertz CT molecular complexity index is 1290. The molecule has 0 saturated heterocycles. The number of halogens is 2. The summed E-state index contributed by atoms with van der Waals surface area (Å²) in [6.07, 6.45) is 1.47. The third kappa shape index (κ3) is 6.23. The monoisotopic (exact) mass is 565 g/mol. The summed E-state index contributed by atoms with van der Waals surface area (Å²) in [5.41, 5.74) is 2.35. The van der Waals surface area contributed by atoms with Gasteiger partial charge in [-0.25, -0.2) is 0 Å². The lowest BCUT2D eigenvalue weighted by Gasteiger charge is -2.13. The van der Waals surface area contributed by atoms with Gasteiger partial charge in [0.05, 0.1) is 18.7 Å². The zero-order valence-electron chi connectivity index (χ0n) is 17.4. The van der Waals surface area contributed by atoms with E-state index in [1.807, 2.05) is 18.2 Å². The zero-order chi connectivity index (χ0) is 23.8.